The summed E-state index contributed by atoms with van der Waals surface area (Å²) in [5.41, 5.74) is 2.10. The first kappa shape index (κ1) is 14.5. The number of amides is 1. The second-order valence-electron chi connectivity index (χ2n) is 3.82. The molecule has 5 nitrogen and oxygen atoms in total. The quantitative estimate of drug-likeness (QED) is 0.316. The van der Waals surface area contributed by atoms with E-state index in [1.807, 2.05) is 37.3 Å². The maximum atomic E-state index is 11.4. The zero-order valence-corrected chi connectivity index (χ0v) is 10.6. The average Bonchev–Trinajstić information content (AvgIpc) is 2.42. The smallest absolute Gasteiger partial charge is 0.262 e. The Morgan fingerprint density at radius 3 is 2.67 bits per heavy atom. The summed E-state index contributed by atoms with van der Waals surface area (Å²) >= 11 is 0. The molecule has 0 radical (unpaired) electrons. The van der Waals surface area contributed by atoms with Crippen LogP contribution in [-0.4, -0.2) is 25.2 Å². The molecule has 1 aromatic rings. The molecule has 0 aliphatic rings. The number of nitrogens with one attached hydrogen (secondary N) is 1. The van der Waals surface area contributed by atoms with Crippen LogP contribution in [0.25, 0.3) is 0 Å². The van der Waals surface area contributed by atoms with Crippen molar-refractivity contribution in [2.75, 3.05) is 13.2 Å². The fourth-order valence-electron chi connectivity index (χ4n) is 1.51. The number of benzene rings is 1. The summed E-state index contributed by atoms with van der Waals surface area (Å²) in [5.74, 6) is 5.58. The van der Waals surface area contributed by atoms with E-state index in [0.717, 1.165) is 12.2 Å². The minimum atomic E-state index is -0.501. The zero-order valence-electron chi connectivity index (χ0n) is 10.6. The molecule has 0 aliphatic carbocycles. The highest BCUT2D eigenvalue weighted by atomic mass is 16.5. The van der Waals surface area contributed by atoms with E-state index in [0.29, 0.717) is 19.6 Å². The molecule has 0 saturated carbocycles. The van der Waals surface area contributed by atoms with E-state index in [-0.39, 0.29) is 5.91 Å². The lowest BCUT2D eigenvalue weighted by Gasteiger charge is -2.15. The first-order chi connectivity index (χ1) is 8.77. The molecule has 3 N–H and O–H groups in total. The molecule has 1 atom stereocenters. The molecule has 18 heavy (non-hydrogen) atoms. The van der Waals surface area contributed by atoms with Gasteiger partial charge in [0.2, 0.25) is 0 Å². The topological polar surface area (TPSA) is 73.6 Å². The van der Waals surface area contributed by atoms with Gasteiger partial charge in [0.25, 0.3) is 5.91 Å². The summed E-state index contributed by atoms with van der Waals surface area (Å²) in [5, 5.41) is 0. The number of carbonyl (C=O) groups excluding carboxylic acids is 1. The molecule has 1 unspecified atom stereocenters. The van der Waals surface area contributed by atoms with Crippen LogP contribution in [0, 0.1) is 0 Å². The van der Waals surface area contributed by atoms with Crippen molar-refractivity contribution in [2.24, 2.45) is 5.84 Å². The van der Waals surface area contributed by atoms with Crippen LogP contribution in [0.2, 0.25) is 0 Å². The van der Waals surface area contributed by atoms with E-state index >= 15 is 0 Å². The maximum Gasteiger partial charge on any atom is 0.262 e. The first-order valence-electron chi connectivity index (χ1n) is 6.07. The number of para-hydroxylation sites is 1. The molecule has 0 aliphatic heterocycles. The largest absolute Gasteiger partial charge is 0.491 e. The van der Waals surface area contributed by atoms with Crippen LogP contribution >= 0.6 is 0 Å². The second-order valence-corrected chi connectivity index (χ2v) is 3.82. The lowest BCUT2D eigenvalue weighted by Crippen LogP contribution is -2.41. The highest BCUT2D eigenvalue weighted by Gasteiger charge is 2.16. The van der Waals surface area contributed by atoms with Gasteiger partial charge in [-0.2, -0.15) is 0 Å². The zero-order chi connectivity index (χ0) is 13.2. The minimum absolute atomic E-state index is 0.295. The summed E-state index contributed by atoms with van der Waals surface area (Å²) in [6.45, 7) is 2.75. The van der Waals surface area contributed by atoms with Crippen molar-refractivity contribution in [1.29, 1.82) is 0 Å². The molecular weight excluding hydrogens is 232 g/mol. The van der Waals surface area contributed by atoms with Crippen molar-refractivity contribution in [1.82, 2.24) is 5.43 Å². The molecule has 0 aromatic heterocycles. The Kier molecular flexibility index (Phi) is 6.83. The lowest BCUT2D eigenvalue weighted by atomic mass is 10.2. The Morgan fingerprint density at radius 1 is 1.33 bits per heavy atom. The van der Waals surface area contributed by atoms with E-state index in [4.69, 9.17) is 15.3 Å². The molecule has 0 spiro atoms. The Hall–Kier alpha value is -1.59. The van der Waals surface area contributed by atoms with Gasteiger partial charge in [-0.1, -0.05) is 31.5 Å². The molecule has 0 saturated heterocycles. The van der Waals surface area contributed by atoms with Crippen LogP contribution in [0.4, 0.5) is 0 Å². The number of nitrogens with two attached hydrogens (primary N) is 1. The molecule has 0 fully saturated rings. The number of hydrogen-bond donors (Lipinski definition) is 2. The van der Waals surface area contributed by atoms with E-state index in [2.05, 4.69) is 5.43 Å². The fraction of sp³-hybridized carbons (Fsp3) is 0.462. The van der Waals surface area contributed by atoms with Gasteiger partial charge < -0.3 is 9.47 Å². The molecule has 5 heteroatoms. The minimum Gasteiger partial charge on any atom is -0.491 e. The van der Waals surface area contributed by atoms with Crippen LogP contribution in [0.15, 0.2) is 30.3 Å². The Labute approximate surface area is 107 Å². The number of carbonyl (C=O) groups is 1. The van der Waals surface area contributed by atoms with E-state index < -0.39 is 6.10 Å². The maximum absolute atomic E-state index is 11.4. The van der Waals surface area contributed by atoms with Gasteiger partial charge in [0, 0.05) is 0 Å². The third kappa shape index (κ3) is 5.16. The van der Waals surface area contributed by atoms with E-state index in [9.17, 15) is 4.79 Å². The SMILES string of the molecule is CCCC(OCCOc1ccccc1)C(=O)NN. The lowest BCUT2D eigenvalue weighted by molar-refractivity contribution is -0.133. The first-order valence-corrected chi connectivity index (χ1v) is 6.07. The average molecular weight is 252 g/mol. The van der Waals surface area contributed by atoms with Gasteiger partial charge in [-0.25, -0.2) is 5.84 Å². The highest BCUT2D eigenvalue weighted by molar-refractivity contribution is 5.80. The number of ether oxygens (including phenoxy) is 2. The monoisotopic (exact) mass is 252 g/mol. The van der Waals surface area contributed by atoms with Crippen LogP contribution < -0.4 is 16.0 Å². The summed E-state index contributed by atoms with van der Waals surface area (Å²) < 4.78 is 10.9. The Morgan fingerprint density at radius 2 is 2.06 bits per heavy atom. The van der Waals surface area contributed by atoms with Crippen LogP contribution in [0.1, 0.15) is 19.8 Å². The number of rotatable bonds is 8. The van der Waals surface area contributed by atoms with Crippen LogP contribution in [0.5, 0.6) is 5.75 Å². The van der Waals surface area contributed by atoms with E-state index in [1.54, 1.807) is 0 Å². The summed E-state index contributed by atoms with van der Waals surface area (Å²) in [4.78, 5) is 11.4. The summed E-state index contributed by atoms with van der Waals surface area (Å²) in [6, 6.07) is 9.47. The van der Waals surface area contributed by atoms with Crippen molar-refractivity contribution >= 4 is 5.91 Å². The standard InChI is InChI=1S/C13H20N2O3/c1-2-6-12(13(16)15-14)18-10-9-17-11-7-4-3-5-8-11/h3-5,7-8,12H,2,6,9-10,14H2,1H3,(H,15,16). The van der Waals surface area contributed by atoms with Gasteiger partial charge in [0.05, 0.1) is 6.61 Å². The highest BCUT2D eigenvalue weighted by Crippen LogP contribution is 2.08. The van der Waals surface area contributed by atoms with Gasteiger partial charge in [-0.05, 0) is 18.6 Å². The Balaban J connectivity index is 2.24. The molecular formula is C13H20N2O3. The van der Waals surface area contributed by atoms with Crippen molar-refractivity contribution in [3.05, 3.63) is 30.3 Å². The predicted octanol–water partition coefficient (Wildman–Crippen LogP) is 1.24. The van der Waals surface area contributed by atoms with Gasteiger partial charge in [0.15, 0.2) is 0 Å². The fourth-order valence-corrected chi connectivity index (χ4v) is 1.51. The molecule has 1 amide bonds. The van der Waals surface area contributed by atoms with Crippen molar-refractivity contribution in [3.8, 4) is 5.75 Å². The predicted molar refractivity (Wildman–Crippen MR) is 68.9 cm³/mol. The molecule has 1 aromatic carbocycles. The third-order valence-electron chi connectivity index (χ3n) is 2.40. The van der Waals surface area contributed by atoms with E-state index in [1.165, 1.54) is 0 Å². The van der Waals surface area contributed by atoms with Gasteiger partial charge in [0.1, 0.15) is 18.5 Å². The Bertz CT molecular complexity index is 343. The summed E-state index contributed by atoms with van der Waals surface area (Å²) in [6.07, 6.45) is 1.01. The van der Waals surface area contributed by atoms with Gasteiger partial charge >= 0.3 is 0 Å². The number of hydrazine groups is 1. The van der Waals surface area contributed by atoms with Crippen LogP contribution in [0.3, 0.4) is 0 Å². The van der Waals surface area contributed by atoms with Gasteiger partial charge in [-0.3, -0.25) is 10.2 Å². The molecule has 0 bridgehead atoms. The normalized spacial score (nSPS) is 11.9. The summed E-state index contributed by atoms with van der Waals surface area (Å²) in [7, 11) is 0. The molecule has 1 rings (SSSR count). The van der Waals surface area contributed by atoms with Crippen LogP contribution in [-0.2, 0) is 9.53 Å². The number of hydrogen-bond acceptors (Lipinski definition) is 4. The van der Waals surface area contributed by atoms with Crippen molar-refractivity contribution in [3.63, 3.8) is 0 Å². The van der Waals surface area contributed by atoms with Crippen molar-refractivity contribution < 1.29 is 14.3 Å². The third-order valence-corrected chi connectivity index (χ3v) is 2.40. The molecule has 100 valence electrons. The van der Waals surface area contributed by atoms with Gasteiger partial charge in [-0.15, -0.1) is 0 Å². The molecule has 0 heterocycles. The second kappa shape index (κ2) is 8.49. The van der Waals surface area contributed by atoms with Crippen molar-refractivity contribution in [2.45, 2.75) is 25.9 Å².